The van der Waals surface area contributed by atoms with Gasteiger partial charge in [-0.15, -0.1) is 0 Å². The van der Waals surface area contributed by atoms with Crippen LogP contribution < -0.4 is 0 Å². The second-order valence-corrected chi connectivity index (χ2v) is 4.57. The van der Waals surface area contributed by atoms with Crippen molar-refractivity contribution < 1.29 is 0 Å². The van der Waals surface area contributed by atoms with Gasteiger partial charge in [-0.3, -0.25) is 0 Å². The fourth-order valence-electron chi connectivity index (χ4n) is 1.35. The Morgan fingerprint density at radius 1 is 1.18 bits per heavy atom. The van der Waals surface area contributed by atoms with Gasteiger partial charge in [-0.1, -0.05) is 0 Å². The summed E-state index contributed by atoms with van der Waals surface area (Å²) in [6.45, 7) is 3.88. The number of nitriles is 1. The molecule has 0 N–H and O–H groups in total. The van der Waals surface area contributed by atoms with Gasteiger partial charge in [0.2, 0.25) is 0 Å². The van der Waals surface area contributed by atoms with E-state index in [9.17, 15) is 0 Å². The third-order valence-electron chi connectivity index (χ3n) is 2.02. The molecule has 4 nitrogen and oxygen atoms in total. The van der Waals surface area contributed by atoms with Gasteiger partial charge in [-0.2, -0.15) is 5.26 Å². The summed E-state index contributed by atoms with van der Waals surface area (Å²) in [6.07, 6.45) is 1.66. The normalized spacial score (nSPS) is 9.94. The zero-order valence-corrected chi connectivity index (χ0v) is 10.3. The van der Waals surface area contributed by atoms with E-state index in [1.807, 2.05) is 32.0 Å². The molecule has 5 heteroatoms. The van der Waals surface area contributed by atoms with Crippen LogP contribution in [0.15, 0.2) is 34.4 Å². The van der Waals surface area contributed by atoms with Gasteiger partial charge in [0.05, 0.1) is 0 Å². The first-order valence-corrected chi connectivity index (χ1v) is 5.85. The third-order valence-corrected chi connectivity index (χ3v) is 2.86. The topological polar surface area (TPSA) is 62.5 Å². The quantitative estimate of drug-likeness (QED) is 0.757. The lowest BCUT2D eigenvalue weighted by Crippen LogP contribution is -1.92. The fraction of sp³-hybridized carbons (Fsp3) is 0.167. The van der Waals surface area contributed by atoms with Crippen molar-refractivity contribution in [3.05, 3.63) is 41.5 Å². The number of aromatic nitrogens is 3. The predicted octanol–water partition coefficient (Wildman–Crippen LogP) is 2.51. The minimum absolute atomic E-state index is 0.413. The van der Waals surface area contributed by atoms with E-state index in [-0.39, 0.29) is 0 Å². The van der Waals surface area contributed by atoms with Gasteiger partial charge in [0.1, 0.15) is 11.8 Å². The van der Waals surface area contributed by atoms with Gasteiger partial charge >= 0.3 is 0 Å². The van der Waals surface area contributed by atoms with Gasteiger partial charge in [0.25, 0.3) is 0 Å². The molecule has 2 heterocycles. The zero-order chi connectivity index (χ0) is 12.3. The van der Waals surface area contributed by atoms with Crippen LogP contribution in [0.5, 0.6) is 0 Å². The minimum Gasteiger partial charge on any atom is -0.244 e. The van der Waals surface area contributed by atoms with Crippen molar-refractivity contribution in [2.75, 3.05) is 0 Å². The fourth-order valence-corrected chi connectivity index (χ4v) is 2.18. The SMILES string of the molecule is Cc1cc(C)nc(Sc2ccc(C#N)nc2)n1. The molecule has 0 aliphatic carbocycles. The molecule has 0 amide bonds. The summed E-state index contributed by atoms with van der Waals surface area (Å²) in [7, 11) is 0. The average molecular weight is 242 g/mol. The monoisotopic (exact) mass is 242 g/mol. The lowest BCUT2D eigenvalue weighted by molar-refractivity contribution is 0.901. The number of rotatable bonds is 2. The van der Waals surface area contributed by atoms with Crippen LogP contribution >= 0.6 is 11.8 Å². The largest absolute Gasteiger partial charge is 0.244 e. The zero-order valence-electron chi connectivity index (χ0n) is 9.51. The number of hydrogen-bond acceptors (Lipinski definition) is 5. The van der Waals surface area contributed by atoms with E-state index in [0.717, 1.165) is 16.3 Å². The van der Waals surface area contributed by atoms with E-state index in [1.165, 1.54) is 11.8 Å². The molecule has 0 spiro atoms. The number of aryl methyl sites for hydroxylation is 2. The van der Waals surface area contributed by atoms with Gasteiger partial charge in [0.15, 0.2) is 5.16 Å². The average Bonchev–Trinajstić information content (AvgIpc) is 2.28. The molecule has 0 bridgehead atoms. The summed E-state index contributed by atoms with van der Waals surface area (Å²) >= 11 is 1.44. The van der Waals surface area contributed by atoms with Crippen LogP contribution in [-0.4, -0.2) is 15.0 Å². The Labute approximate surface area is 104 Å². The van der Waals surface area contributed by atoms with Crippen LogP contribution in [0, 0.1) is 25.2 Å². The molecule has 2 rings (SSSR count). The molecule has 2 aromatic heterocycles. The first-order valence-electron chi connectivity index (χ1n) is 5.03. The maximum Gasteiger partial charge on any atom is 0.192 e. The van der Waals surface area contributed by atoms with Gasteiger partial charge in [-0.25, -0.2) is 15.0 Å². The van der Waals surface area contributed by atoms with Crippen LogP contribution in [0.1, 0.15) is 17.1 Å². The molecule has 0 aromatic carbocycles. The minimum atomic E-state index is 0.413. The van der Waals surface area contributed by atoms with E-state index in [2.05, 4.69) is 15.0 Å². The molecule has 0 saturated heterocycles. The van der Waals surface area contributed by atoms with Crippen LogP contribution in [0.25, 0.3) is 0 Å². The molecule has 0 saturated carbocycles. The first-order chi connectivity index (χ1) is 8.17. The Balaban J connectivity index is 2.22. The summed E-state index contributed by atoms with van der Waals surface area (Å²) < 4.78 is 0. The van der Waals surface area contributed by atoms with E-state index < -0.39 is 0 Å². The summed E-state index contributed by atoms with van der Waals surface area (Å²) in [5.41, 5.74) is 2.30. The van der Waals surface area contributed by atoms with Gasteiger partial charge in [0, 0.05) is 22.5 Å². The first kappa shape index (κ1) is 11.6. The maximum atomic E-state index is 8.65. The Hall–Kier alpha value is -1.93. The Morgan fingerprint density at radius 3 is 2.41 bits per heavy atom. The second kappa shape index (κ2) is 4.93. The molecule has 0 aliphatic heterocycles. The molecule has 0 fully saturated rings. The van der Waals surface area contributed by atoms with Crippen molar-refractivity contribution in [3.8, 4) is 6.07 Å². The molecule has 0 atom stereocenters. The molecular weight excluding hydrogens is 232 g/mol. The third kappa shape index (κ3) is 3.02. The lowest BCUT2D eigenvalue weighted by Gasteiger charge is -2.02. The predicted molar refractivity (Wildman–Crippen MR) is 64.6 cm³/mol. The second-order valence-electron chi connectivity index (χ2n) is 3.53. The lowest BCUT2D eigenvalue weighted by atomic mass is 10.4. The molecule has 0 radical (unpaired) electrons. The Kier molecular flexibility index (Phi) is 3.35. The molecular formula is C12H10N4S. The van der Waals surface area contributed by atoms with Crippen molar-refractivity contribution in [2.24, 2.45) is 0 Å². The van der Waals surface area contributed by atoms with Gasteiger partial charge < -0.3 is 0 Å². The van der Waals surface area contributed by atoms with Crippen molar-refractivity contribution in [1.82, 2.24) is 15.0 Å². The highest BCUT2D eigenvalue weighted by Crippen LogP contribution is 2.24. The van der Waals surface area contributed by atoms with Crippen molar-refractivity contribution in [3.63, 3.8) is 0 Å². The highest BCUT2D eigenvalue weighted by atomic mass is 32.2. The summed E-state index contributed by atoms with van der Waals surface area (Å²) in [4.78, 5) is 13.6. The summed E-state index contributed by atoms with van der Waals surface area (Å²) in [5, 5.41) is 9.35. The molecule has 0 aliphatic rings. The van der Waals surface area contributed by atoms with E-state index in [1.54, 1.807) is 12.3 Å². The number of hydrogen-bond donors (Lipinski definition) is 0. The molecule has 0 unspecified atom stereocenters. The van der Waals surface area contributed by atoms with Crippen molar-refractivity contribution in [2.45, 2.75) is 23.9 Å². The van der Waals surface area contributed by atoms with Crippen molar-refractivity contribution in [1.29, 1.82) is 5.26 Å². The highest BCUT2D eigenvalue weighted by Gasteiger charge is 2.03. The number of nitrogens with zero attached hydrogens (tertiary/aromatic N) is 4. The van der Waals surface area contributed by atoms with Crippen LogP contribution in [0.3, 0.4) is 0 Å². The smallest absolute Gasteiger partial charge is 0.192 e. The molecule has 17 heavy (non-hydrogen) atoms. The van der Waals surface area contributed by atoms with Crippen LogP contribution in [0.4, 0.5) is 0 Å². The van der Waals surface area contributed by atoms with Crippen molar-refractivity contribution >= 4 is 11.8 Å². The number of pyridine rings is 1. The van der Waals surface area contributed by atoms with Crippen LogP contribution in [0.2, 0.25) is 0 Å². The van der Waals surface area contributed by atoms with E-state index in [0.29, 0.717) is 10.9 Å². The Bertz CT molecular complexity index is 552. The standard InChI is InChI=1S/C12H10N4S/c1-8-5-9(2)16-12(15-8)17-11-4-3-10(6-13)14-7-11/h3-5,7H,1-2H3. The highest BCUT2D eigenvalue weighted by molar-refractivity contribution is 7.99. The molecule has 84 valence electrons. The summed E-state index contributed by atoms with van der Waals surface area (Å²) in [5.74, 6) is 0. The van der Waals surface area contributed by atoms with E-state index >= 15 is 0 Å². The van der Waals surface area contributed by atoms with Gasteiger partial charge in [-0.05, 0) is 43.8 Å². The van der Waals surface area contributed by atoms with Crippen LogP contribution in [-0.2, 0) is 0 Å². The summed E-state index contributed by atoms with van der Waals surface area (Å²) in [6, 6.07) is 7.45. The maximum absolute atomic E-state index is 8.65. The molecule has 2 aromatic rings. The Morgan fingerprint density at radius 2 is 1.88 bits per heavy atom. The van der Waals surface area contributed by atoms with E-state index in [4.69, 9.17) is 5.26 Å².